The fourth-order valence-electron chi connectivity index (χ4n) is 1.10. The lowest BCUT2D eigenvalue weighted by Crippen LogP contribution is -2.36. The molecule has 0 radical (unpaired) electrons. The van der Waals surface area contributed by atoms with E-state index >= 15 is 0 Å². The monoisotopic (exact) mass is 198 g/mol. The number of carbonyl (C=O) groups excluding carboxylic acids is 1. The number of nitrogens with zero attached hydrogens (tertiary/aromatic N) is 1. The van der Waals surface area contributed by atoms with Crippen molar-refractivity contribution >= 4 is 5.91 Å². The maximum absolute atomic E-state index is 11.3. The highest BCUT2D eigenvalue weighted by Gasteiger charge is 2.10. The molecule has 0 rings (SSSR count). The van der Waals surface area contributed by atoms with Crippen molar-refractivity contribution in [2.75, 3.05) is 20.6 Å². The van der Waals surface area contributed by atoms with Gasteiger partial charge in [0, 0.05) is 11.6 Å². The quantitative estimate of drug-likeness (QED) is 0.654. The summed E-state index contributed by atoms with van der Waals surface area (Å²) >= 11 is 0. The van der Waals surface area contributed by atoms with Crippen molar-refractivity contribution in [3.05, 3.63) is 12.2 Å². The summed E-state index contributed by atoms with van der Waals surface area (Å²) in [6.45, 7) is 8.42. The Morgan fingerprint density at radius 2 is 2.07 bits per heavy atom. The van der Waals surface area contributed by atoms with Crippen LogP contribution in [0, 0.1) is 0 Å². The molecule has 0 aromatic heterocycles. The van der Waals surface area contributed by atoms with Gasteiger partial charge in [0.2, 0.25) is 5.91 Å². The first kappa shape index (κ1) is 13.2. The largest absolute Gasteiger partial charge is 0.350 e. The van der Waals surface area contributed by atoms with Crippen LogP contribution >= 0.6 is 0 Å². The molecule has 0 aliphatic rings. The van der Waals surface area contributed by atoms with E-state index in [2.05, 4.69) is 23.7 Å². The van der Waals surface area contributed by atoms with Gasteiger partial charge in [-0.1, -0.05) is 13.5 Å². The van der Waals surface area contributed by atoms with Crippen LogP contribution < -0.4 is 5.32 Å². The fraction of sp³-hybridized carbons (Fsp3) is 0.727. The first-order valence-corrected chi connectivity index (χ1v) is 5.08. The summed E-state index contributed by atoms with van der Waals surface area (Å²) < 4.78 is 0. The Labute approximate surface area is 87.2 Å². The highest BCUT2D eigenvalue weighted by Crippen LogP contribution is 2.00. The Hall–Kier alpha value is -0.830. The summed E-state index contributed by atoms with van der Waals surface area (Å²) in [5.41, 5.74) is 0.577. The van der Waals surface area contributed by atoms with Crippen LogP contribution in [0.4, 0.5) is 0 Å². The van der Waals surface area contributed by atoms with Crippen LogP contribution in [0.15, 0.2) is 12.2 Å². The van der Waals surface area contributed by atoms with E-state index in [1.165, 1.54) is 0 Å². The number of rotatable bonds is 6. The Morgan fingerprint density at radius 3 is 2.43 bits per heavy atom. The predicted octanol–water partition coefficient (Wildman–Crippen LogP) is 1.41. The maximum atomic E-state index is 11.3. The van der Waals surface area contributed by atoms with Gasteiger partial charge in [-0.3, -0.25) is 4.79 Å². The average Bonchev–Trinajstić information content (AvgIpc) is 2.11. The molecule has 3 heteroatoms. The molecule has 1 N–H and O–H groups in total. The second kappa shape index (κ2) is 6.60. The van der Waals surface area contributed by atoms with Crippen molar-refractivity contribution in [1.82, 2.24) is 10.2 Å². The van der Waals surface area contributed by atoms with E-state index in [-0.39, 0.29) is 11.9 Å². The van der Waals surface area contributed by atoms with E-state index in [4.69, 9.17) is 0 Å². The Balaban J connectivity index is 3.90. The van der Waals surface area contributed by atoms with Gasteiger partial charge in [-0.15, -0.1) is 0 Å². The summed E-state index contributed by atoms with van der Waals surface area (Å²) in [5.74, 6) is -0.0318. The second-order valence-corrected chi connectivity index (χ2v) is 3.95. The van der Waals surface area contributed by atoms with Gasteiger partial charge in [0.15, 0.2) is 0 Å². The van der Waals surface area contributed by atoms with Crippen molar-refractivity contribution in [2.24, 2.45) is 0 Å². The van der Waals surface area contributed by atoms with Crippen molar-refractivity contribution in [3.8, 4) is 0 Å². The molecule has 0 spiro atoms. The number of nitrogens with one attached hydrogen (secondary N) is 1. The topological polar surface area (TPSA) is 32.3 Å². The molecular formula is C11H22N2O. The van der Waals surface area contributed by atoms with Crippen molar-refractivity contribution in [3.63, 3.8) is 0 Å². The molecule has 0 saturated heterocycles. The van der Waals surface area contributed by atoms with Crippen LogP contribution in [0.2, 0.25) is 0 Å². The number of hydrogen-bond acceptors (Lipinski definition) is 2. The number of hydrogen-bond donors (Lipinski definition) is 1. The lowest BCUT2D eigenvalue weighted by atomic mass is 10.1. The summed E-state index contributed by atoms with van der Waals surface area (Å²) in [6.07, 6.45) is 1.95. The third kappa shape index (κ3) is 5.75. The lowest BCUT2D eigenvalue weighted by molar-refractivity contribution is -0.118. The van der Waals surface area contributed by atoms with E-state index in [9.17, 15) is 4.79 Å². The van der Waals surface area contributed by atoms with Crippen LogP contribution in [0.3, 0.4) is 0 Å². The molecular weight excluding hydrogens is 176 g/mol. The van der Waals surface area contributed by atoms with E-state index in [1.807, 2.05) is 14.1 Å². The summed E-state index contributed by atoms with van der Waals surface area (Å²) in [5, 5.41) is 2.96. The minimum absolute atomic E-state index is 0.0318. The molecule has 0 aromatic rings. The Morgan fingerprint density at radius 1 is 1.50 bits per heavy atom. The van der Waals surface area contributed by atoms with Crippen LogP contribution in [-0.2, 0) is 4.79 Å². The van der Waals surface area contributed by atoms with Crippen molar-refractivity contribution in [1.29, 1.82) is 0 Å². The van der Waals surface area contributed by atoms with Gasteiger partial charge in [0.1, 0.15) is 0 Å². The minimum atomic E-state index is -0.0318. The molecule has 0 heterocycles. The summed E-state index contributed by atoms with van der Waals surface area (Å²) in [6, 6.07) is 0.265. The van der Waals surface area contributed by atoms with Gasteiger partial charge in [-0.25, -0.2) is 0 Å². The third-order valence-corrected chi connectivity index (χ3v) is 2.14. The molecule has 82 valence electrons. The molecule has 0 aromatic carbocycles. The van der Waals surface area contributed by atoms with E-state index in [1.54, 1.807) is 6.92 Å². The zero-order chi connectivity index (χ0) is 11.1. The SMILES string of the molecule is C=C(C)C(=O)NC(CC)CCN(C)C. The van der Waals surface area contributed by atoms with Crippen molar-refractivity contribution in [2.45, 2.75) is 32.7 Å². The molecule has 0 bridgehead atoms. The van der Waals surface area contributed by atoms with Crippen molar-refractivity contribution < 1.29 is 4.79 Å². The molecule has 1 atom stereocenters. The van der Waals surface area contributed by atoms with E-state index in [0.717, 1.165) is 19.4 Å². The van der Waals surface area contributed by atoms with E-state index < -0.39 is 0 Å². The molecule has 0 aliphatic heterocycles. The van der Waals surface area contributed by atoms with Crippen LogP contribution in [0.25, 0.3) is 0 Å². The smallest absolute Gasteiger partial charge is 0.246 e. The number of amides is 1. The zero-order valence-corrected chi connectivity index (χ0v) is 9.76. The molecule has 1 amide bonds. The first-order valence-electron chi connectivity index (χ1n) is 5.08. The molecule has 3 nitrogen and oxygen atoms in total. The van der Waals surface area contributed by atoms with Crippen LogP contribution in [0.1, 0.15) is 26.7 Å². The van der Waals surface area contributed by atoms with Crippen LogP contribution in [0.5, 0.6) is 0 Å². The zero-order valence-electron chi connectivity index (χ0n) is 9.76. The van der Waals surface area contributed by atoms with Gasteiger partial charge < -0.3 is 10.2 Å². The molecule has 14 heavy (non-hydrogen) atoms. The molecule has 1 unspecified atom stereocenters. The normalized spacial score (nSPS) is 12.6. The van der Waals surface area contributed by atoms with Gasteiger partial charge >= 0.3 is 0 Å². The first-order chi connectivity index (χ1) is 6.47. The Kier molecular flexibility index (Phi) is 6.21. The highest BCUT2D eigenvalue weighted by atomic mass is 16.1. The fourth-order valence-corrected chi connectivity index (χ4v) is 1.10. The van der Waals surface area contributed by atoms with Gasteiger partial charge in [0.05, 0.1) is 0 Å². The van der Waals surface area contributed by atoms with Gasteiger partial charge in [0.25, 0.3) is 0 Å². The minimum Gasteiger partial charge on any atom is -0.350 e. The molecule has 0 saturated carbocycles. The van der Waals surface area contributed by atoms with Crippen LogP contribution in [-0.4, -0.2) is 37.5 Å². The van der Waals surface area contributed by atoms with Gasteiger partial charge in [-0.05, 0) is 40.4 Å². The standard InChI is InChI=1S/C11H22N2O/c1-6-10(7-8-13(4)5)12-11(14)9(2)3/h10H,2,6-8H2,1,3-5H3,(H,12,14). The highest BCUT2D eigenvalue weighted by molar-refractivity contribution is 5.92. The average molecular weight is 198 g/mol. The Bertz CT molecular complexity index is 199. The molecule has 0 fully saturated rings. The lowest BCUT2D eigenvalue weighted by Gasteiger charge is -2.19. The third-order valence-electron chi connectivity index (χ3n) is 2.14. The predicted molar refractivity (Wildman–Crippen MR) is 60.2 cm³/mol. The summed E-state index contributed by atoms with van der Waals surface area (Å²) in [4.78, 5) is 13.5. The summed E-state index contributed by atoms with van der Waals surface area (Å²) in [7, 11) is 4.07. The van der Waals surface area contributed by atoms with Gasteiger partial charge in [-0.2, -0.15) is 0 Å². The van der Waals surface area contributed by atoms with E-state index in [0.29, 0.717) is 5.57 Å². The maximum Gasteiger partial charge on any atom is 0.246 e. The second-order valence-electron chi connectivity index (χ2n) is 3.95. The molecule has 0 aliphatic carbocycles. The number of carbonyl (C=O) groups is 1.